The lowest BCUT2D eigenvalue weighted by atomic mass is 10.0. The predicted molar refractivity (Wildman–Crippen MR) is 107 cm³/mol. The van der Waals surface area contributed by atoms with Gasteiger partial charge in [0.15, 0.2) is 0 Å². The molecule has 0 spiro atoms. The van der Waals surface area contributed by atoms with Gasteiger partial charge in [-0.1, -0.05) is 29.8 Å². The molecular weight excluding hydrogens is 336 g/mol. The van der Waals surface area contributed by atoms with Gasteiger partial charge in [-0.2, -0.15) is 5.10 Å². The molecule has 1 amide bonds. The van der Waals surface area contributed by atoms with Crippen LogP contribution in [0.25, 0.3) is 0 Å². The third-order valence-electron chi connectivity index (χ3n) is 6.32. The van der Waals surface area contributed by atoms with Gasteiger partial charge >= 0.3 is 0 Å². The summed E-state index contributed by atoms with van der Waals surface area (Å²) in [5.74, 6) is 1.62. The van der Waals surface area contributed by atoms with E-state index in [1.54, 1.807) is 0 Å². The van der Waals surface area contributed by atoms with Crippen LogP contribution < -0.4 is 5.32 Å². The number of carbonyl (C=O) groups is 1. The molecule has 1 N–H and O–H groups in total. The molecule has 2 atom stereocenters. The van der Waals surface area contributed by atoms with E-state index in [0.717, 1.165) is 44.8 Å². The minimum absolute atomic E-state index is 0.300. The number of aryl methyl sites for hydroxylation is 2. The second-order valence-electron chi connectivity index (χ2n) is 8.27. The number of likely N-dealkylation sites (tertiary alicyclic amines) is 1. The molecule has 4 rings (SSSR count). The van der Waals surface area contributed by atoms with E-state index in [4.69, 9.17) is 5.10 Å². The maximum Gasteiger partial charge on any atom is 0.222 e. The molecule has 3 heterocycles. The highest BCUT2D eigenvalue weighted by molar-refractivity contribution is 5.77. The molecule has 0 unspecified atom stereocenters. The van der Waals surface area contributed by atoms with Crippen molar-refractivity contribution in [3.8, 4) is 0 Å². The summed E-state index contributed by atoms with van der Waals surface area (Å²) >= 11 is 0. The average molecular weight is 367 g/mol. The Balaban J connectivity index is 1.38. The van der Waals surface area contributed by atoms with Crippen LogP contribution in [0.3, 0.4) is 0 Å². The fourth-order valence-electron chi connectivity index (χ4n) is 4.57. The fourth-order valence-corrected chi connectivity index (χ4v) is 4.57. The Morgan fingerprint density at radius 2 is 1.78 bits per heavy atom. The van der Waals surface area contributed by atoms with E-state index >= 15 is 0 Å². The summed E-state index contributed by atoms with van der Waals surface area (Å²) in [4.78, 5) is 14.8. The van der Waals surface area contributed by atoms with Crippen LogP contribution >= 0.6 is 0 Å². The van der Waals surface area contributed by atoms with Gasteiger partial charge in [-0.15, -0.1) is 0 Å². The van der Waals surface area contributed by atoms with Crippen molar-refractivity contribution < 1.29 is 4.79 Å². The third kappa shape index (κ3) is 3.79. The molecule has 5 nitrogen and oxygen atoms in total. The first-order valence-corrected chi connectivity index (χ1v) is 10.1. The first-order chi connectivity index (χ1) is 13.0. The molecule has 27 heavy (non-hydrogen) atoms. The fraction of sp³-hybridized carbons (Fsp3) is 0.545. The standard InChI is InChI=1S/C22H30N4O/c1-15-4-6-18(7-5-15)12-26-17(3)21(16(2)24-26)8-9-22(27)25-13-19-10-23-11-20(19)14-25/h4-7,19-20,23H,8-14H2,1-3H3/t19-,20+. The van der Waals surface area contributed by atoms with E-state index in [1.807, 2.05) is 0 Å². The molecule has 0 saturated carbocycles. The molecule has 1 aromatic heterocycles. The van der Waals surface area contributed by atoms with E-state index < -0.39 is 0 Å². The molecule has 2 aliphatic rings. The monoisotopic (exact) mass is 366 g/mol. The van der Waals surface area contributed by atoms with Crippen molar-refractivity contribution in [1.82, 2.24) is 20.0 Å². The first-order valence-electron chi connectivity index (χ1n) is 10.1. The van der Waals surface area contributed by atoms with Crippen molar-refractivity contribution in [2.75, 3.05) is 26.2 Å². The molecule has 0 aliphatic carbocycles. The number of nitrogens with one attached hydrogen (secondary N) is 1. The van der Waals surface area contributed by atoms with E-state index in [2.05, 4.69) is 59.9 Å². The highest BCUT2D eigenvalue weighted by Gasteiger charge is 2.37. The topological polar surface area (TPSA) is 50.2 Å². The lowest BCUT2D eigenvalue weighted by Crippen LogP contribution is -2.32. The van der Waals surface area contributed by atoms with Gasteiger partial charge in [-0.25, -0.2) is 0 Å². The van der Waals surface area contributed by atoms with Gasteiger partial charge < -0.3 is 10.2 Å². The summed E-state index contributed by atoms with van der Waals surface area (Å²) in [7, 11) is 0. The van der Waals surface area contributed by atoms with Crippen molar-refractivity contribution >= 4 is 5.91 Å². The Hall–Kier alpha value is -2.14. The second-order valence-corrected chi connectivity index (χ2v) is 8.27. The Bertz CT molecular complexity index is 812. The van der Waals surface area contributed by atoms with Crippen LogP contribution in [0.1, 0.15) is 34.5 Å². The number of amides is 1. The molecule has 1 aromatic carbocycles. The zero-order valence-corrected chi connectivity index (χ0v) is 16.7. The molecule has 2 aliphatic heterocycles. The van der Waals surface area contributed by atoms with Crippen molar-refractivity contribution in [2.45, 2.75) is 40.2 Å². The zero-order valence-electron chi connectivity index (χ0n) is 16.7. The highest BCUT2D eigenvalue weighted by Crippen LogP contribution is 2.27. The maximum atomic E-state index is 12.7. The molecule has 144 valence electrons. The summed E-state index contributed by atoms with van der Waals surface area (Å²) in [6.07, 6.45) is 1.37. The number of fused-ring (bicyclic) bond motifs is 1. The Morgan fingerprint density at radius 3 is 2.44 bits per heavy atom. The lowest BCUT2D eigenvalue weighted by Gasteiger charge is -2.17. The van der Waals surface area contributed by atoms with Crippen LogP contribution in [0, 0.1) is 32.6 Å². The van der Waals surface area contributed by atoms with Crippen molar-refractivity contribution in [3.05, 3.63) is 52.3 Å². The number of benzene rings is 1. The normalized spacial score (nSPS) is 21.7. The minimum atomic E-state index is 0.300. The smallest absolute Gasteiger partial charge is 0.222 e. The van der Waals surface area contributed by atoms with Crippen LogP contribution in [-0.2, 0) is 17.8 Å². The molecule has 5 heteroatoms. The molecule has 2 saturated heterocycles. The summed E-state index contributed by atoms with van der Waals surface area (Å²) in [6.45, 7) is 11.1. The highest BCUT2D eigenvalue weighted by atomic mass is 16.2. The molecule has 0 bridgehead atoms. The third-order valence-corrected chi connectivity index (χ3v) is 6.32. The van der Waals surface area contributed by atoms with E-state index in [9.17, 15) is 4.79 Å². The van der Waals surface area contributed by atoms with Crippen LogP contribution in [0.2, 0.25) is 0 Å². The first kappa shape index (κ1) is 18.2. The number of aromatic nitrogens is 2. The Kier molecular flexibility index (Phi) is 5.04. The van der Waals surface area contributed by atoms with Gasteiger partial charge in [0.2, 0.25) is 5.91 Å². The van der Waals surface area contributed by atoms with E-state index in [0.29, 0.717) is 24.2 Å². The van der Waals surface area contributed by atoms with E-state index in [1.165, 1.54) is 22.4 Å². The molecular formula is C22H30N4O. The summed E-state index contributed by atoms with van der Waals surface area (Å²) in [5, 5.41) is 8.17. The van der Waals surface area contributed by atoms with Gasteiger partial charge in [-0.05, 0) is 50.2 Å². The average Bonchev–Trinajstić information content (AvgIpc) is 3.30. The largest absolute Gasteiger partial charge is 0.342 e. The van der Waals surface area contributed by atoms with Crippen LogP contribution in [0.4, 0.5) is 0 Å². The summed E-state index contributed by atoms with van der Waals surface area (Å²) in [5.41, 5.74) is 5.99. The van der Waals surface area contributed by atoms with Crippen molar-refractivity contribution in [3.63, 3.8) is 0 Å². The number of hydrogen-bond acceptors (Lipinski definition) is 3. The van der Waals surface area contributed by atoms with E-state index in [-0.39, 0.29) is 0 Å². The second kappa shape index (κ2) is 7.47. The summed E-state index contributed by atoms with van der Waals surface area (Å²) in [6, 6.07) is 8.60. The van der Waals surface area contributed by atoms with Crippen LogP contribution in [-0.4, -0.2) is 46.8 Å². The quantitative estimate of drug-likeness (QED) is 0.884. The Morgan fingerprint density at radius 1 is 1.11 bits per heavy atom. The minimum Gasteiger partial charge on any atom is -0.342 e. The SMILES string of the molecule is Cc1ccc(Cn2nc(C)c(CCC(=O)N3C[C@H]4CNC[C@H]4C3)c2C)cc1. The van der Waals surface area contributed by atoms with Gasteiger partial charge in [0, 0.05) is 38.3 Å². The molecule has 2 aromatic rings. The van der Waals surface area contributed by atoms with Gasteiger partial charge in [0.05, 0.1) is 12.2 Å². The predicted octanol–water partition coefficient (Wildman–Crippen LogP) is 2.47. The maximum absolute atomic E-state index is 12.7. The van der Waals surface area contributed by atoms with Crippen LogP contribution in [0.15, 0.2) is 24.3 Å². The van der Waals surface area contributed by atoms with Gasteiger partial charge in [0.25, 0.3) is 0 Å². The number of hydrogen-bond donors (Lipinski definition) is 1. The Labute approximate surface area is 161 Å². The molecule has 0 radical (unpaired) electrons. The molecule has 2 fully saturated rings. The van der Waals surface area contributed by atoms with Crippen molar-refractivity contribution in [1.29, 1.82) is 0 Å². The lowest BCUT2D eigenvalue weighted by molar-refractivity contribution is -0.130. The van der Waals surface area contributed by atoms with Crippen molar-refractivity contribution in [2.24, 2.45) is 11.8 Å². The number of carbonyl (C=O) groups excluding carboxylic acids is 1. The van der Waals surface area contributed by atoms with Gasteiger partial charge in [-0.3, -0.25) is 9.48 Å². The summed E-state index contributed by atoms with van der Waals surface area (Å²) < 4.78 is 2.08. The van der Waals surface area contributed by atoms with Gasteiger partial charge in [0.1, 0.15) is 0 Å². The number of rotatable bonds is 5. The van der Waals surface area contributed by atoms with Crippen LogP contribution in [0.5, 0.6) is 0 Å². The number of nitrogens with zero attached hydrogens (tertiary/aromatic N) is 3. The zero-order chi connectivity index (χ0) is 19.0.